The Morgan fingerprint density at radius 3 is 2.63 bits per heavy atom. The number of rotatable bonds is 4. The first-order valence-corrected chi connectivity index (χ1v) is 6.54. The lowest BCUT2D eigenvalue weighted by Gasteiger charge is -2.32. The van der Waals surface area contributed by atoms with Crippen LogP contribution < -0.4 is 4.74 Å². The number of para-hydroxylation sites is 2. The highest BCUT2D eigenvalue weighted by Crippen LogP contribution is 2.24. The summed E-state index contributed by atoms with van der Waals surface area (Å²) in [5.74, 6) is 0.645. The van der Waals surface area contributed by atoms with Crippen molar-refractivity contribution in [3.05, 3.63) is 24.3 Å². The van der Waals surface area contributed by atoms with Gasteiger partial charge in [0.15, 0.2) is 11.5 Å². The van der Waals surface area contributed by atoms with Crippen molar-refractivity contribution < 1.29 is 14.6 Å². The maximum Gasteiger partial charge on any atom is 0.226 e. The number of phenols is 1. The number of benzene rings is 1. The zero-order valence-electron chi connectivity index (χ0n) is 11.2. The van der Waals surface area contributed by atoms with Gasteiger partial charge in [-0.15, -0.1) is 0 Å². The van der Waals surface area contributed by atoms with Crippen LogP contribution >= 0.6 is 0 Å². The zero-order chi connectivity index (χ0) is 13.7. The molecule has 1 N–H and O–H groups in total. The molecule has 1 fully saturated rings. The average molecular weight is 264 g/mol. The summed E-state index contributed by atoms with van der Waals surface area (Å²) in [4.78, 5) is 16.0. The third-order valence-corrected chi connectivity index (χ3v) is 3.29. The summed E-state index contributed by atoms with van der Waals surface area (Å²) in [7, 11) is 2.06. The van der Waals surface area contributed by atoms with Crippen LogP contribution in [0.5, 0.6) is 11.5 Å². The van der Waals surface area contributed by atoms with E-state index >= 15 is 0 Å². The summed E-state index contributed by atoms with van der Waals surface area (Å²) in [5.41, 5.74) is 0. The van der Waals surface area contributed by atoms with Crippen molar-refractivity contribution in [3.8, 4) is 11.5 Å². The molecule has 1 aromatic carbocycles. The Morgan fingerprint density at radius 2 is 1.95 bits per heavy atom. The fraction of sp³-hybridized carbons (Fsp3) is 0.500. The molecule has 1 aliphatic heterocycles. The minimum atomic E-state index is 0.106. The molecule has 104 valence electrons. The molecule has 0 aromatic heterocycles. The van der Waals surface area contributed by atoms with E-state index in [1.165, 1.54) is 0 Å². The largest absolute Gasteiger partial charge is 0.504 e. The molecule has 5 nitrogen and oxygen atoms in total. The van der Waals surface area contributed by atoms with Crippen LogP contribution in [0.4, 0.5) is 0 Å². The van der Waals surface area contributed by atoms with Crippen molar-refractivity contribution in [2.24, 2.45) is 0 Å². The van der Waals surface area contributed by atoms with Crippen molar-refractivity contribution in [2.45, 2.75) is 6.42 Å². The molecular weight excluding hydrogens is 244 g/mol. The molecule has 2 rings (SSSR count). The van der Waals surface area contributed by atoms with Crippen molar-refractivity contribution in [3.63, 3.8) is 0 Å². The van der Waals surface area contributed by atoms with E-state index in [0.717, 1.165) is 26.2 Å². The van der Waals surface area contributed by atoms with Crippen LogP contribution in [0.25, 0.3) is 0 Å². The lowest BCUT2D eigenvalue weighted by molar-refractivity contribution is -0.133. The number of piperazine rings is 1. The number of likely N-dealkylation sites (N-methyl/N-ethyl adjacent to an activating group) is 1. The number of aromatic hydroxyl groups is 1. The molecule has 0 aliphatic carbocycles. The van der Waals surface area contributed by atoms with Crippen molar-refractivity contribution in [1.82, 2.24) is 9.80 Å². The number of nitrogens with zero attached hydrogens (tertiary/aromatic N) is 2. The maximum atomic E-state index is 11.9. The number of hydrogen-bond acceptors (Lipinski definition) is 4. The summed E-state index contributed by atoms with van der Waals surface area (Å²) in [6.45, 7) is 3.71. The number of amides is 1. The highest BCUT2D eigenvalue weighted by atomic mass is 16.5. The van der Waals surface area contributed by atoms with Crippen LogP contribution in [0.3, 0.4) is 0 Å². The van der Waals surface area contributed by atoms with E-state index < -0.39 is 0 Å². The predicted octanol–water partition coefficient (Wildman–Crippen LogP) is 0.935. The number of carbonyl (C=O) groups excluding carboxylic acids is 1. The molecule has 0 atom stereocenters. The molecular formula is C14H20N2O3. The molecule has 0 unspecified atom stereocenters. The second-order valence-electron chi connectivity index (χ2n) is 4.75. The Bertz CT molecular complexity index is 428. The molecule has 0 radical (unpaired) electrons. The SMILES string of the molecule is CN1CCN(C(=O)CCOc2ccccc2O)CC1. The number of phenolic OH excluding ortho intramolecular Hbond substituents is 1. The van der Waals surface area contributed by atoms with Gasteiger partial charge in [0.25, 0.3) is 0 Å². The first kappa shape index (κ1) is 13.7. The van der Waals surface area contributed by atoms with E-state index in [0.29, 0.717) is 18.8 Å². The minimum absolute atomic E-state index is 0.106. The van der Waals surface area contributed by atoms with E-state index in [1.807, 2.05) is 4.90 Å². The Balaban J connectivity index is 1.74. The topological polar surface area (TPSA) is 53.0 Å². The van der Waals surface area contributed by atoms with E-state index in [4.69, 9.17) is 4.74 Å². The third kappa shape index (κ3) is 3.86. The lowest BCUT2D eigenvalue weighted by Crippen LogP contribution is -2.47. The Labute approximate surface area is 113 Å². The molecule has 0 saturated carbocycles. The molecule has 5 heteroatoms. The summed E-state index contributed by atoms with van der Waals surface area (Å²) in [6, 6.07) is 6.78. The van der Waals surface area contributed by atoms with E-state index in [-0.39, 0.29) is 11.7 Å². The molecule has 1 heterocycles. The van der Waals surface area contributed by atoms with Gasteiger partial charge in [0, 0.05) is 26.2 Å². The minimum Gasteiger partial charge on any atom is -0.504 e. The Morgan fingerprint density at radius 1 is 1.26 bits per heavy atom. The average Bonchev–Trinajstić information content (AvgIpc) is 2.41. The van der Waals surface area contributed by atoms with Gasteiger partial charge in [0.1, 0.15) is 0 Å². The highest BCUT2D eigenvalue weighted by molar-refractivity contribution is 5.76. The monoisotopic (exact) mass is 264 g/mol. The summed E-state index contributed by atoms with van der Waals surface area (Å²) in [6.07, 6.45) is 0.345. The normalized spacial score (nSPS) is 16.4. The third-order valence-electron chi connectivity index (χ3n) is 3.29. The van der Waals surface area contributed by atoms with Crippen molar-refractivity contribution in [2.75, 3.05) is 39.8 Å². The maximum absolute atomic E-state index is 11.9. The fourth-order valence-corrected chi connectivity index (χ4v) is 2.04. The van der Waals surface area contributed by atoms with Gasteiger partial charge in [0.05, 0.1) is 13.0 Å². The molecule has 1 aromatic rings. The second kappa shape index (κ2) is 6.43. The first-order valence-electron chi connectivity index (χ1n) is 6.54. The van der Waals surface area contributed by atoms with Crippen LogP contribution in [-0.4, -0.2) is 60.6 Å². The molecule has 1 amide bonds. The number of hydrogen-bond donors (Lipinski definition) is 1. The lowest BCUT2D eigenvalue weighted by atomic mass is 10.3. The van der Waals surface area contributed by atoms with Crippen molar-refractivity contribution >= 4 is 5.91 Å². The molecule has 0 spiro atoms. The van der Waals surface area contributed by atoms with Gasteiger partial charge in [-0.2, -0.15) is 0 Å². The molecule has 1 saturated heterocycles. The van der Waals surface area contributed by atoms with Gasteiger partial charge >= 0.3 is 0 Å². The standard InChI is InChI=1S/C14H20N2O3/c1-15-7-9-16(10-8-15)14(18)6-11-19-13-5-3-2-4-12(13)17/h2-5,17H,6-11H2,1H3. The molecule has 0 bridgehead atoms. The van der Waals surface area contributed by atoms with Crippen LogP contribution in [0.2, 0.25) is 0 Å². The summed E-state index contributed by atoms with van der Waals surface area (Å²) >= 11 is 0. The van der Waals surface area contributed by atoms with Gasteiger partial charge in [-0.25, -0.2) is 0 Å². The van der Waals surface area contributed by atoms with Crippen LogP contribution in [0.15, 0.2) is 24.3 Å². The van der Waals surface area contributed by atoms with Gasteiger partial charge in [0.2, 0.25) is 5.91 Å². The highest BCUT2D eigenvalue weighted by Gasteiger charge is 2.18. The molecule has 19 heavy (non-hydrogen) atoms. The smallest absolute Gasteiger partial charge is 0.226 e. The predicted molar refractivity (Wildman–Crippen MR) is 72.3 cm³/mol. The zero-order valence-corrected chi connectivity index (χ0v) is 11.2. The van der Waals surface area contributed by atoms with Gasteiger partial charge < -0.3 is 19.6 Å². The fourth-order valence-electron chi connectivity index (χ4n) is 2.04. The Kier molecular flexibility index (Phi) is 4.63. The summed E-state index contributed by atoms with van der Waals surface area (Å²) in [5, 5.41) is 9.53. The van der Waals surface area contributed by atoms with E-state index in [9.17, 15) is 9.90 Å². The van der Waals surface area contributed by atoms with Crippen LogP contribution in [0, 0.1) is 0 Å². The first-order chi connectivity index (χ1) is 9.16. The number of carbonyl (C=O) groups is 1. The molecule has 1 aliphatic rings. The second-order valence-corrected chi connectivity index (χ2v) is 4.75. The van der Waals surface area contributed by atoms with E-state index in [2.05, 4.69) is 11.9 Å². The quantitative estimate of drug-likeness (QED) is 0.879. The van der Waals surface area contributed by atoms with Crippen LogP contribution in [0.1, 0.15) is 6.42 Å². The van der Waals surface area contributed by atoms with Gasteiger partial charge in [-0.1, -0.05) is 12.1 Å². The van der Waals surface area contributed by atoms with Crippen LogP contribution in [-0.2, 0) is 4.79 Å². The van der Waals surface area contributed by atoms with Gasteiger partial charge in [-0.05, 0) is 19.2 Å². The van der Waals surface area contributed by atoms with Crippen molar-refractivity contribution in [1.29, 1.82) is 0 Å². The number of ether oxygens (including phenoxy) is 1. The Hall–Kier alpha value is -1.75. The van der Waals surface area contributed by atoms with Gasteiger partial charge in [-0.3, -0.25) is 4.79 Å². The summed E-state index contributed by atoms with van der Waals surface area (Å²) < 4.78 is 5.41. The van der Waals surface area contributed by atoms with E-state index in [1.54, 1.807) is 24.3 Å².